The molecule has 0 aromatic heterocycles. The zero-order chi connectivity index (χ0) is 20.0. The molecule has 0 aromatic carbocycles. The Kier molecular flexibility index (Phi) is 6.02. The minimum absolute atomic E-state index is 0.202. The van der Waals surface area contributed by atoms with E-state index in [4.69, 9.17) is 0 Å². The fourth-order valence-corrected chi connectivity index (χ4v) is 2.61. The van der Waals surface area contributed by atoms with Crippen molar-refractivity contribution in [3.05, 3.63) is 0 Å². The third kappa shape index (κ3) is 4.26. The van der Waals surface area contributed by atoms with Gasteiger partial charge in [-0.3, -0.25) is 0 Å². The van der Waals surface area contributed by atoms with E-state index in [1.54, 1.807) is 0 Å². The summed E-state index contributed by atoms with van der Waals surface area (Å²) in [6.45, 7) is -0.801. The van der Waals surface area contributed by atoms with E-state index in [0.717, 1.165) is 0 Å². The lowest BCUT2D eigenvalue weighted by Crippen LogP contribution is -2.49. The predicted octanol–water partition coefficient (Wildman–Crippen LogP) is 2.52. The summed E-state index contributed by atoms with van der Waals surface area (Å²) in [4.78, 5) is 0. The Bertz CT molecular complexity index is 602. The van der Waals surface area contributed by atoms with Crippen LogP contribution in [0.25, 0.3) is 0 Å². The summed E-state index contributed by atoms with van der Waals surface area (Å²) in [6.07, 6.45) is -15.0. The van der Waals surface area contributed by atoms with Crippen LogP contribution in [0.4, 0.5) is 35.1 Å². The number of halogens is 8. The number of rotatable bonds is 6. The first-order chi connectivity index (χ1) is 10.1. The normalized spacial score (nSPS) is 21.0. The third-order valence-corrected chi connectivity index (χ3v) is 5.87. The van der Waals surface area contributed by atoms with Gasteiger partial charge in [0.15, 0.2) is 6.29 Å². The van der Waals surface area contributed by atoms with Gasteiger partial charge in [0, 0.05) is 0 Å². The molecule has 0 aromatic rings. The molecule has 0 radical (unpaired) electrons. The van der Waals surface area contributed by atoms with Crippen LogP contribution in [0.3, 0.4) is 0 Å². The second-order valence-electron chi connectivity index (χ2n) is 4.50. The standard InChI is InChI=1S/C8H10F8O6S2/c1-4(21-23(17,18)5(2,9)7(11,12)13)22-24(19,20)6(3,10)8(14,15)16/h4H,1-3H3. The van der Waals surface area contributed by atoms with Crippen molar-refractivity contribution in [1.82, 2.24) is 0 Å². The molecule has 16 heteroatoms. The fourth-order valence-electron chi connectivity index (χ4n) is 0.837. The Hall–Kier alpha value is -0.740. The van der Waals surface area contributed by atoms with E-state index in [2.05, 4.69) is 8.37 Å². The summed E-state index contributed by atoms with van der Waals surface area (Å²) in [5.41, 5.74) is 0. The lowest BCUT2D eigenvalue weighted by molar-refractivity contribution is -0.197. The average Bonchev–Trinajstić information content (AvgIpc) is 2.22. The molecule has 0 fully saturated rings. The smallest absolute Gasteiger partial charge is 0.234 e. The SMILES string of the molecule is CC(OS(=O)(=O)C(C)(F)C(F)(F)F)OS(=O)(=O)C(C)(F)C(F)(F)F. The first kappa shape index (κ1) is 23.3. The molecule has 2 atom stereocenters. The molecule has 24 heavy (non-hydrogen) atoms. The highest BCUT2D eigenvalue weighted by Gasteiger charge is 2.65. The van der Waals surface area contributed by atoms with Crippen LogP contribution in [-0.2, 0) is 28.6 Å². The molecule has 0 N–H and O–H groups in total. The molecule has 0 aliphatic heterocycles. The Morgan fingerprint density at radius 1 is 0.667 bits per heavy atom. The van der Waals surface area contributed by atoms with Crippen LogP contribution in [0.1, 0.15) is 20.8 Å². The molecular weight excluding hydrogens is 408 g/mol. The first-order valence-corrected chi connectivity index (χ1v) is 8.29. The van der Waals surface area contributed by atoms with Crippen LogP contribution in [-0.4, -0.2) is 45.5 Å². The van der Waals surface area contributed by atoms with E-state index in [1.807, 2.05) is 0 Å². The predicted molar refractivity (Wildman–Crippen MR) is 60.6 cm³/mol. The second-order valence-corrected chi connectivity index (χ2v) is 8.23. The zero-order valence-corrected chi connectivity index (χ0v) is 13.5. The highest BCUT2D eigenvalue weighted by Crippen LogP contribution is 2.41. The van der Waals surface area contributed by atoms with Crippen molar-refractivity contribution < 1.29 is 60.3 Å². The van der Waals surface area contributed by atoms with Gasteiger partial charge in [0.25, 0.3) is 0 Å². The van der Waals surface area contributed by atoms with Gasteiger partial charge in [-0.15, -0.1) is 0 Å². The van der Waals surface area contributed by atoms with Crippen molar-refractivity contribution in [2.75, 3.05) is 0 Å². The first-order valence-electron chi connectivity index (χ1n) is 5.47. The topological polar surface area (TPSA) is 86.7 Å². The molecule has 0 spiro atoms. The minimum Gasteiger partial charge on any atom is -0.234 e. The van der Waals surface area contributed by atoms with Crippen molar-refractivity contribution in [3.63, 3.8) is 0 Å². The molecule has 0 saturated carbocycles. The summed E-state index contributed by atoms with van der Waals surface area (Å²) < 4.78 is 152. The third-order valence-electron chi connectivity index (χ3n) is 2.48. The molecule has 6 nitrogen and oxygen atoms in total. The van der Waals surface area contributed by atoms with Crippen LogP contribution in [0.5, 0.6) is 0 Å². The summed E-state index contributed by atoms with van der Waals surface area (Å²) >= 11 is 0. The Labute approximate surface area is 131 Å². The van der Waals surface area contributed by atoms with Gasteiger partial charge < -0.3 is 0 Å². The van der Waals surface area contributed by atoms with Gasteiger partial charge in [-0.2, -0.15) is 43.2 Å². The van der Waals surface area contributed by atoms with Crippen molar-refractivity contribution in [2.24, 2.45) is 0 Å². The highest BCUT2D eigenvalue weighted by atomic mass is 32.2. The highest BCUT2D eigenvalue weighted by molar-refractivity contribution is 7.88. The van der Waals surface area contributed by atoms with Gasteiger partial charge >= 0.3 is 42.6 Å². The summed E-state index contributed by atoms with van der Waals surface area (Å²) in [5.74, 6) is 0. The maximum atomic E-state index is 13.3. The molecule has 0 rings (SSSR count). The summed E-state index contributed by atoms with van der Waals surface area (Å²) in [6, 6.07) is 0. The molecule has 0 aliphatic rings. The van der Waals surface area contributed by atoms with E-state index >= 15 is 0 Å². The van der Waals surface area contributed by atoms with Crippen molar-refractivity contribution >= 4 is 20.2 Å². The average molecular weight is 418 g/mol. The van der Waals surface area contributed by atoms with Crippen molar-refractivity contribution in [1.29, 1.82) is 0 Å². The number of hydrogen-bond donors (Lipinski definition) is 0. The van der Waals surface area contributed by atoms with Gasteiger partial charge in [-0.05, 0) is 20.8 Å². The van der Waals surface area contributed by atoms with Crippen molar-refractivity contribution in [2.45, 2.75) is 49.4 Å². The van der Waals surface area contributed by atoms with Gasteiger partial charge in [0.05, 0.1) is 0 Å². The van der Waals surface area contributed by atoms with Crippen LogP contribution >= 0.6 is 0 Å². The van der Waals surface area contributed by atoms with E-state index < -0.39 is 62.7 Å². The molecule has 0 aliphatic carbocycles. The van der Waals surface area contributed by atoms with Crippen LogP contribution in [0, 0.1) is 0 Å². The maximum absolute atomic E-state index is 13.3. The number of hydrogen-bond acceptors (Lipinski definition) is 6. The molecule has 0 heterocycles. The second kappa shape index (κ2) is 6.21. The van der Waals surface area contributed by atoms with E-state index in [0.29, 0.717) is 0 Å². The monoisotopic (exact) mass is 418 g/mol. The number of alkyl halides is 8. The molecule has 0 bridgehead atoms. The van der Waals surface area contributed by atoms with Gasteiger partial charge in [0.2, 0.25) is 0 Å². The Morgan fingerprint density at radius 3 is 1.04 bits per heavy atom. The van der Waals surface area contributed by atoms with Crippen LogP contribution in [0.15, 0.2) is 0 Å². The van der Waals surface area contributed by atoms with Gasteiger partial charge in [-0.1, -0.05) is 0 Å². The molecule has 0 saturated heterocycles. The minimum atomic E-state index is -6.25. The summed E-state index contributed by atoms with van der Waals surface area (Å²) in [7, 11) is -12.5. The summed E-state index contributed by atoms with van der Waals surface area (Å²) in [5, 5.41) is -10.1. The lowest BCUT2D eigenvalue weighted by Gasteiger charge is -2.26. The molecule has 0 amide bonds. The molecular formula is C8H10F8O6S2. The maximum Gasteiger partial charge on any atom is 0.439 e. The Morgan fingerprint density at radius 2 is 0.875 bits per heavy atom. The van der Waals surface area contributed by atoms with Crippen molar-refractivity contribution in [3.8, 4) is 0 Å². The van der Waals surface area contributed by atoms with E-state index in [1.165, 1.54) is 0 Å². The quantitative estimate of drug-likeness (QED) is 0.374. The fraction of sp³-hybridized carbons (Fsp3) is 1.00. The van der Waals surface area contributed by atoms with Gasteiger partial charge in [0.1, 0.15) is 0 Å². The zero-order valence-electron chi connectivity index (χ0n) is 11.9. The lowest BCUT2D eigenvalue weighted by atomic mass is 10.4. The van der Waals surface area contributed by atoms with E-state index in [-0.39, 0.29) is 6.92 Å². The largest absolute Gasteiger partial charge is 0.439 e. The van der Waals surface area contributed by atoms with Crippen LogP contribution in [0.2, 0.25) is 0 Å². The Balaban J connectivity index is 5.49. The van der Waals surface area contributed by atoms with Crippen LogP contribution < -0.4 is 0 Å². The van der Waals surface area contributed by atoms with Gasteiger partial charge in [-0.25, -0.2) is 17.1 Å². The molecule has 2 unspecified atom stereocenters. The van der Waals surface area contributed by atoms with E-state index in [9.17, 15) is 52.0 Å². The molecule has 146 valence electrons.